The molecule has 15 nitrogen and oxygen atoms in total. The number of aliphatic hydroxyl groups excluding tert-OH is 1. The van der Waals surface area contributed by atoms with Gasteiger partial charge in [0.2, 0.25) is 0 Å². The lowest BCUT2D eigenvalue weighted by Gasteiger charge is -2.43. The highest BCUT2D eigenvalue weighted by molar-refractivity contribution is 8.13. The molecule has 2 aliphatic carbocycles. The van der Waals surface area contributed by atoms with Crippen molar-refractivity contribution in [1.29, 1.82) is 0 Å². The van der Waals surface area contributed by atoms with Gasteiger partial charge in [-0.2, -0.15) is 0 Å². The van der Waals surface area contributed by atoms with E-state index in [-0.39, 0.29) is 64.0 Å². The smallest absolute Gasteiger partial charge is 0.411 e. The van der Waals surface area contributed by atoms with Gasteiger partial charge in [-0.15, -0.1) is 0 Å². The molecule has 7 rings (SSSR count). The van der Waals surface area contributed by atoms with Crippen LogP contribution in [0.15, 0.2) is 65.5 Å². The fourth-order valence-electron chi connectivity index (χ4n) is 8.60. The standard InChI is InChI=1S/C47H52N4O11S/c1-24(2)49-34-15-16-40(59-26(34)4)61-39-22-32(45(56)44-43-29(17-19-48-44)33-21-28(53)13-14-35(33)50-43)25(3)60-46(39)62-38-12-10-8-7-9-11-31-41(38)30(18-20-63-27(5)52)36(54)23-37(55)42(31)51-47(57)58-6/h7-8,13-14,17-19,21,24-26,32,34,36,38-41,46,49-50,53-54H,15-16,20,22-23H2,1-6H3,(H,51,57)/b8-7-,30-18-/t25?,26?,32?,34?,36-,38-,39?,40?,41?,46?/m0/s1. The van der Waals surface area contributed by atoms with Gasteiger partial charge in [-0.05, 0) is 75.1 Å². The third-order valence-electron chi connectivity index (χ3n) is 11.6. The summed E-state index contributed by atoms with van der Waals surface area (Å²) >= 11 is 1.01. The zero-order valence-corrected chi connectivity index (χ0v) is 36.7. The highest BCUT2D eigenvalue weighted by Crippen LogP contribution is 2.40. The van der Waals surface area contributed by atoms with E-state index >= 15 is 0 Å². The van der Waals surface area contributed by atoms with Crippen molar-refractivity contribution in [3.8, 4) is 29.4 Å². The fourth-order valence-corrected chi connectivity index (χ4v) is 9.11. The molecule has 332 valence electrons. The molecule has 0 bridgehead atoms. The van der Waals surface area contributed by atoms with Gasteiger partial charge in [0.25, 0.3) is 0 Å². The molecule has 63 heavy (non-hydrogen) atoms. The number of fused-ring (bicyclic) bond motifs is 4. The Labute approximate surface area is 369 Å². The van der Waals surface area contributed by atoms with Gasteiger partial charge in [-0.25, -0.2) is 4.79 Å². The Bertz CT molecular complexity index is 2490. The molecule has 16 heteroatoms. The number of Topliss-reactive ketones (excluding diaryl/α,β-unsaturated/α-hetero) is 2. The van der Waals surface area contributed by atoms with E-state index in [1.807, 2.05) is 6.92 Å². The molecule has 0 spiro atoms. The van der Waals surface area contributed by atoms with Crippen molar-refractivity contribution in [2.45, 2.75) is 115 Å². The number of aliphatic hydroxyl groups is 1. The first-order valence-electron chi connectivity index (χ1n) is 21.0. The zero-order valence-electron chi connectivity index (χ0n) is 35.9. The van der Waals surface area contributed by atoms with E-state index in [4.69, 9.17) is 23.7 Å². The Kier molecular flexibility index (Phi) is 14.5. The number of amides is 1. The van der Waals surface area contributed by atoms with Crippen LogP contribution in [0.25, 0.3) is 21.8 Å². The highest BCUT2D eigenvalue weighted by atomic mass is 32.2. The number of methoxy groups -OCH3 is 1. The summed E-state index contributed by atoms with van der Waals surface area (Å²) in [6.07, 6.45) is -0.0327. The number of rotatable bonds is 11. The SMILES string of the molecule is COC(=O)NC1=C2C#C/C=C\C#C[C@H](OC3OC(C)C(C(=O)c4nccc5c4[nH]c4ccc(O)cc45)CC3OC3CCC(NC(C)C)C(C)O3)C2/C(=C\CSC(C)=O)[C@@H](O)CC1=O. The summed E-state index contributed by atoms with van der Waals surface area (Å²) in [6.45, 7) is 9.33. The van der Waals surface area contributed by atoms with Gasteiger partial charge in [-0.1, -0.05) is 55.4 Å². The van der Waals surface area contributed by atoms with Crippen LogP contribution in [0.2, 0.25) is 0 Å². The third kappa shape index (κ3) is 10.4. The number of nitrogens with one attached hydrogen (secondary N) is 3. The van der Waals surface area contributed by atoms with E-state index in [1.165, 1.54) is 19.1 Å². The average Bonchev–Trinajstić information content (AvgIpc) is 3.61. The number of benzene rings is 1. The van der Waals surface area contributed by atoms with E-state index in [9.17, 15) is 29.4 Å². The number of hydrogen-bond donors (Lipinski definition) is 5. The molecular weight excluding hydrogens is 829 g/mol. The first-order valence-corrected chi connectivity index (χ1v) is 22.0. The number of aromatic amines is 1. The van der Waals surface area contributed by atoms with Crippen LogP contribution in [-0.4, -0.2) is 111 Å². The number of alkyl carbamates (subject to hydrolysis) is 1. The Morgan fingerprint density at radius 3 is 2.62 bits per heavy atom. The van der Waals surface area contributed by atoms with Gasteiger partial charge in [0.05, 0.1) is 48.5 Å². The van der Waals surface area contributed by atoms with Crippen molar-refractivity contribution < 1.29 is 53.1 Å². The molecule has 1 amide bonds. The van der Waals surface area contributed by atoms with Crippen LogP contribution in [0.3, 0.4) is 0 Å². The lowest BCUT2D eigenvalue weighted by atomic mass is 9.83. The van der Waals surface area contributed by atoms with E-state index in [0.717, 1.165) is 41.6 Å². The van der Waals surface area contributed by atoms with Gasteiger partial charge >= 0.3 is 6.09 Å². The fraction of sp³-hybridized carbons (Fsp3) is 0.468. The Balaban J connectivity index is 1.28. The molecule has 2 aliphatic heterocycles. The quantitative estimate of drug-likeness (QED) is 0.0935. The molecule has 3 aromatic rings. The molecule has 5 N–H and O–H groups in total. The number of aromatic nitrogens is 2. The van der Waals surface area contributed by atoms with Crippen LogP contribution in [0.5, 0.6) is 5.75 Å². The molecule has 4 aliphatic rings. The van der Waals surface area contributed by atoms with Gasteiger partial charge in [0.1, 0.15) is 23.7 Å². The average molecular weight is 881 g/mol. The van der Waals surface area contributed by atoms with Crippen LogP contribution < -0.4 is 10.6 Å². The van der Waals surface area contributed by atoms with Crippen molar-refractivity contribution >= 4 is 56.3 Å². The Morgan fingerprint density at radius 1 is 1.08 bits per heavy atom. The second kappa shape index (κ2) is 20.0. The molecule has 2 saturated heterocycles. The number of carbonyl (C=O) groups is 4. The summed E-state index contributed by atoms with van der Waals surface area (Å²) in [4.78, 5) is 61.0. The summed E-state index contributed by atoms with van der Waals surface area (Å²) in [6, 6.07) is 7.07. The molecule has 10 atom stereocenters. The lowest BCUT2D eigenvalue weighted by Crippen LogP contribution is -2.53. The van der Waals surface area contributed by atoms with Crippen LogP contribution >= 0.6 is 11.8 Å². The van der Waals surface area contributed by atoms with E-state index in [0.29, 0.717) is 17.5 Å². The number of pyridine rings is 1. The number of phenols is 1. The van der Waals surface area contributed by atoms with Crippen LogP contribution in [0.4, 0.5) is 4.79 Å². The first kappa shape index (κ1) is 45.7. The largest absolute Gasteiger partial charge is 0.508 e. The number of phenolic OH excluding ortho intramolecular Hbond substituents is 1. The maximum atomic E-state index is 14.7. The van der Waals surface area contributed by atoms with E-state index in [2.05, 4.69) is 58.1 Å². The number of carbonyl (C=O) groups excluding carboxylic acids is 4. The summed E-state index contributed by atoms with van der Waals surface area (Å²) in [7, 11) is 1.16. The Morgan fingerprint density at radius 2 is 1.87 bits per heavy atom. The molecule has 0 radical (unpaired) electrons. The van der Waals surface area contributed by atoms with Crippen molar-refractivity contribution in [2.24, 2.45) is 11.8 Å². The summed E-state index contributed by atoms with van der Waals surface area (Å²) < 4.78 is 31.6. The number of aromatic hydroxyl groups is 1. The molecule has 1 aromatic carbocycles. The van der Waals surface area contributed by atoms with Gasteiger partial charge in [0, 0.05) is 59.2 Å². The number of ether oxygens (including phenoxy) is 5. The zero-order chi connectivity index (χ0) is 44.9. The predicted molar refractivity (Wildman–Crippen MR) is 235 cm³/mol. The number of thioether (sulfide) groups is 1. The van der Waals surface area contributed by atoms with Gasteiger partial charge < -0.3 is 44.2 Å². The van der Waals surface area contributed by atoms with Crippen molar-refractivity contribution in [3.63, 3.8) is 0 Å². The predicted octanol–water partition coefficient (Wildman–Crippen LogP) is 5.36. The highest BCUT2D eigenvalue weighted by Gasteiger charge is 2.47. The number of H-pyrrole nitrogens is 1. The van der Waals surface area contributed by atoms with E-state index in [1.54, 1.807) is 43.5 Å². The molecular formula is C47H52N4O11S. The van der Waals surface area contributed by atoms with Crippen LogP contribution in [0, 0.1) is 35.5 Å². The van der Waals surface area contributed by atoms with Crippen molar-refractivity contribution in [1.82, 2.24) is 20.6 Å². The second-order valence-electron chi connectivity index (χ2n) is 16.3. The first-order chi connectivity index (χ1) is 30.2. The number of ketones is 2. The van der Waals surface area contributed by atoms with Crippen molar-refractivity contribution in [2.75, 3.05) is 12.9 Å². The van der Waals surface area contributed by atoms with Crippen LogP contribution in [0.1, 0.15) is 70.8 Å². The maximum Gasteiger partial charge on any atom is 0.411 e. The molecule has 8 unspecified atom stereocenters. The van der Waals surface area contributed by atoms with Crippen molar-refractivity contribution in [3.05, 3.63) is 71.2 Å². The molecule has 2 aromatic heterocycles. The third-order valence-corrected chi connectivity index (χ3v) is 12.3. The minimum atomic E-state index is -1.38. The topological polar surface area (TPSA) is 208 Å². The summed E-state index contributed by atoms with van der Waals surface area (Å²) in [5.41, 5.74) is 1.68. The lowest BCUT2D eigenvalue weighted by molar-refractivity contribution is -0.309. The number of allylic oxidation sites excluding steroid dienone is 3. The monoisotopic (exact) mass is 880 g/mol. The number of nitrogens with zero attached hydrogens (tertiary/aromatic N) is 1. The Hall–Kier alpha value is -5.30. The van der Waals surface area contributed by atoms with Crippen LogP contribution in [-0.2, 0) is 33.3 Å². The van der Waals surface area contributed by atoms with Gasteiger partial charge in [-0.3, -0.25) is 24.7 Å². The molecule has 4 heterocycles. The second-order valence-corrected chi connectivity index (χ2v) is 17.5. The van der Waals surface area contributed by atoms with Gasteiger partial charge in [0.15, 0.2) is 29.3 Å². The summed E-state index contributed by atoms with van der Waals surface area (Å²) in [5, 5.41) is 29.3. The minimum absolute atomic E-state index is 0.0905. The molecule has 0 saturated carbocycles. The summed E-state index contributed by atoms with van der Waals surface area (Å²) in [5.74, 6) is 9.49. The number of hydrogen-bond acceptors (Lipinski definition) is 14. The maximum absolute atomic E-state index is 14.7. The normalized spacial score (nSPS) is 29.7. The van der Waals surface area contributed by atoms with E-state index < -0.39 is 67.1 Å². The molecule has 2 fully saturated rings. The minimum Gasteiger partial charge on any atom is -0.508 e.